The topological polar surface area (TPSA) is 58.4 Å². The van der Waals surface area contributed by atoms with Gasteiger partial charge in [-0.05, 0) is 19.4 Å². The predicted octanol–water partition coefficient (Wildman–Crippen LogP) is 3.78. The van der Waals surface area contributed by atoms with E-state index >= 15 is 0 Å². The highest BCUT2D eigenvalue weighted by Gasteiger charge is 2.58. The molecule has 0 unspecified atom stereocenters. The minimum atomic E-state index is -1.31. The maximum absolute atomic E-state index is 14.0. The molecule has 1 aliphatic carbocycles. The summed E-state index contributed by atoms with van der Waals surface area (Å²) >= 11 is 6.31. The first kappa shape index (κ1) is 22.0. The van der Waals surface area contributed by atoms with Crippen LogP contribution in [0.2, 0.25) is 5.02 Å². The summed E-state index contributed by atoms with van der Waals surface area (Å²) in [5.41, 5.74) is 3.43. The Bertz CT molecular complexity index is 1200. The van der Waals surface area contributed by atoms with E-state index in [4.69, 9.17) is 11.6 Å². The standard InChI is InChI=1S/C26H27ClN4O2/c1-17-12-18(2)14-19(13-17)26(24(32)20-6-4-5-7-21(20)25(26)33)31-10-8-30(9-11-31)16-23-22(27)15-29(3)28-23/h4-7,12-15H,8-11,16H2,1-3H3. The minimum absolute atomic E-state index is 0.116. The van der Waals surface area contributed by atoms with Crippen molar-refractivity contribution in [3.05, 3.63) is 87.2 Å². The van der Waals surface area contributed by atoms with E-state index in [1.807, 2.05) is 45.2 Å². The molecular formula is C26H27ClN4O2. The minimum Gasteiger partial charge on any atom is -0.295 e. The van der Waals surface area contributed by atoms with Gasteiger partial charge in [0.15, 0.2) is 17.1 Å². The van der Waals surface area contributed by atoms with Crippen LogP contribution in [0.3, 0.4) is 0 Å². The van der Waals surface area contributed by atoms with E-state index in [9.17, 15) is 9.59 Å². The fourth-order valence-electron chi connectivity index (χ4n) is 5.35. The molecule has 1 fully saturated rings. The Hall–Kier alpha value is -2.80. The Kier molecular flexibility index (Phi) is 5.47. The lowest BCUT2D eigenvalue weighted by Gasteiger charge is -2.44. The molecule has 3 aromatic rings. The van der Waals surface area contributed by atoms with Gasteiger partial charge in [-0.2, -0.15) is 5.10 Å². The number of hydrogen-bond acceptors (Lipinski definition) is 5. The van der Waals surface area contributed by atoms with Crippen LogP contribution in [0.4, 0.5) is 0 Å². The van der Waals surface area contributed by atoms with Crippen LogP contribution in [-0.2, 0) is 19.1 Å². The zero-order chi connectivity index (χ0) is 23.3. The molecule has 1 aromatic heterocycles. The van der Waals surface area contributed by atoms with Gasteiger partial charge in [-0.25, -0.2) is 0 Å². The van der Waals surface area contributed by atoms with E-state index in [2.05, 4.69) is 21.0 Å². The molecule has 0 saturated carbocycles. The number of piperazine rings is 1. The number of fused-ring (bicyclic) bond motifs is 1. The van der Waals surface area contributed by atoms with E-state index in [1.165, 1.54) is 0 Å². The van der Waals surface area contributed by atoms with E-state index in [0.717, 1.165) is 35.5 Å². The Labute approximate surface area is 198 Å². The average Bonchev–Trinajstić information content (AvgIpc) is 3.21. The van der Waals surface area contributed by atoms with Crippen molar-refractivity contribution >= 4 is 23.2 Å². The molecule has 1 saturated heterocycles. The SMILES string of the molecule is Cc1cc(C)cc(C2(N3CCN(Cc4nn(C)cc4Cl)CC3)C(=O)c3ccccc3C2=O)c1. The van der Waals surface area contributed by atoms with Crippen molar-refractivity contribution in [2.45, 2.75) is 25.9 Å². The van der Waals surface area contributed by atoms with Crippen LogP contribution in [0.5, 0.6) is 0 Å². The van der Waals surface area contributed by atoms with Crippen molar-refractivity contribution in [1.29, 1.82) is 0 Å². The number of nitrogens with zero attached hydrogens (tertiary/aromatic N) is 4. The second-order valence-electron chi connectivity index (χ2n) is 9.15. The number of carbonyl (C=O) groups is 2. The molecule has 0 bridgehead atoms. The van der Waals surface area contributed by atoms with Crippen LogP contribution in [-0.4, -0.2) is 57.3 Å². The zero-order valence-corrected chi connectivity index (χ0v) is 19.9. The molecule has 7 heteroatoms. The number of ketones is 2. The number of benzene rings is 2. The van der Waals surface area contributed by atoms with E-state index < -0.39 is 5.54 Å². The van der Waals surface area contributed by atoms with Crippen molar-refractivity contribution < 1.29 is 9.59 Å². The lowest BCUT2D eigenvalue weighted by atomic mass is 9.81. The Balaban J connectivity index is 1.50. The van der Waals surface area contributed by atoms with Gasteiger partial charge in [0.2, 0.25) is 0 Å². The summed E-state index contributed by atoms with van der Waals surface area (Å²) in [7, 11) is 1.86. The molecule has 33 heavy (non-hydrogen) atoms. The van der Waals surface area contributed by atoms with E-state index in [-0.39, 0.29) is 11.6 Å². The highest BCUT2D eigenvalue weighted by atomic mass is 35.5. The second kappa shape index (κ2) is 8.20. The molecular weight excluding hydrogens is 436 g/mol. The molecule has 0 amide bonds. The molecule has 2 aromatic carbocycles. The van der Waals surface area contributed by atoms with Gasteiger partial charge in [-0.1, -0.05) is 65.2 Å². The van der Waals surface area contributed by atoms with Crippen LogP contribution >= 0.6 is 11.6 Å². The first-order valence-electron chi connectivity index (χ1n) is 11.2. The zero-order valence-electron chi connectivity index (χ0n) is 19.1. The third-order valence-corrected chi connectivity index (χ3v) is 7.10. The first-order valence-corrected chi connectivity index (χ1v) is 11.6. The molecule has 2 aliphatic rings. The lowest BCUT2D eigenvalue weighted by Crippen LogP contribution is -2.60. The van der Waals surface area contributed by atoms with Gasteiger partial charge in [0.25, 0.3) is 0 Å². The van der Waals surface area contributed by atoms with Gasteiger partial charge >= 0.3 is 0 Å². The molecule has 6 nitrogen and oxygen atoms in total. The Morgan fingerprint density at radius 3 is 2.03 bits per heavy atom. The monoisotopic (exact) mass is 462 g/mol. The number of Topliss-reactive ketones (excluding diaryl/α,β-unsaturated/α-hetero) is 2. The van der Waals surface area contributed by atoms with Crippen LogP contribution in [0.1, 0.15) is 43.1 Å². The molecule has 0 N–H and O–H groups in total. The summed E-state index contributed by atoms with van der Waals surface area (Å²) in [6.07, 6.45) is 1.80. The van der Waals surface area contributed by atoms with Crippen LogP contribution in [0.25, 0.3) is 0 Å². The number of hydrogen-bond donors (Lipinski definition) is 0. The summed E-state index contributed by atoms with van der Waals surface area (Å²) in [6, 6.07) is 13.3. The van der Waals surface area contributed by atoms with Crippen LogP contribution in [0, 0.1) is 13.8 Å². The fourth-order valence-corrected chi connectivity index (χ4v) is 5.59. The van der Waals surface area contributed by atoms with Crippen molar-refractivity contribution in [2.24, 2.45) is 7.05 Å². The second-order valence-corrected chi connectivity index (χ2v) is 9.56. The number of rotatable bonds is 4. The highest BCUT2D eigenvalue weighted by molar-refractivity contribution is 6.33. The summed E-state index contributed by atoms with van der Waals surface area (Å²) in [4.78, 5) is 32.3. The fraction of sp³-hybridized carbons (Fsp3) is 0.346. The molecule has 2 heterocycles. The molecule has 1 aliphatic heterocycles. The van der Waals surface area contributed by atoms with Gasteiger partial charge in [0.05, 0.1) is 10.7 Å². The maximum Gasteiger partial charge on any atom is 0.196 e. The summed E-state index contributed by atoms with van der Waals surface area (Å²) in [5, 5.41) is 5.11. The molecule has 170 valence electrons. The predicted molar refractivity (Wildman–Crippen MR) is 128 cm³/mol. The normalized spacial score (nSPS) is 18.7. The van der Waals surface area contributed by atoms with E-state index in [0.29, 0.717) is 35.8 Å². The number of carbonyl (C=O) groups excluding carboxylic acids is 2. The number of aryl methyl sites for hydroxylation is 3. The molecule has 0 spiro atoms. The lowest BCUT2D eigenvalue weighted by molar-refractivity contribution is 0.0277. The molecule has 5 rings (SSSR count). The Morgan fingerprint density at radius 1 is 0.939 bits per heavy atom. The van der Waals surface area contributed by atoms with Crippen molar-refractivity contribution in [3.8, 4) is 0 Å². The number of halogens is 1. The van der Waals surface area contributed by atoms with Crippen LogP contribution < -0.4 is 0 Å². The largest absolute Gasteiger partial charge is 0.295 e. The Morgan fingerprint density at radius 2 is 1.52 bits per heavy atom. The van der Waals surface area contributed by atoms with Crippen molar-refractivity contribution in [2.75, 3.05) is 26.2 Å². The third-order valence-electron chi connectivity index (χ3n) is 6.79. The van der Waals surface area contributed by atoms with Crippen LogP contribution in [0.15, 0.2) is 48.7 Å². The smallest absolute Gasteiger partial charge is 0.196 e. The molecule has 0 radical (unpaired) electrons. The van der Waals surface area contributed by atoms with Crippen molar-refractivity contribution in [3.63, 3.8) is 0 Å². The van der Waals surface area contributed by atoms with Gasteiger partial charge in [0.1, 0.15) is 0 Å². The van der Waals surface area contributed by atoms with Gasteiger partial charge in [-0.15, -0.1) is 0 Å². The summed E-state index contributed by atoms with van der Waals surface area (Å²) < 4.78 is 1.72. The average molecular weight is 463 g/mol. The van der Waals surface area contributed by atoms with E-state index in [1.54, 1.807) is 23.0 Å². The summed E-state index contributed by atoms with van der Waals surface area (Å²) in [5.74, 6) is -0.233. The third kappa shape index (κ3) is 3.53. The summed E-state index contributed by atoms with van der Waals surface area (Å²) in [6.45, 7) is 7.30. The number of aromatic nitrogens is 2. The first-order chi connectivity index (χ1) is 15.8. The van der Waals surface area contributed by atoms with Gasteiger partial charge in [0, 0.05) is 57.1 Å². The highest BCUT2D eigenvalue weighted by Crippen LogP contribution is 2.43. The molecule has 0 atom stereocenters. The van der Waals surface area contributed by atoms with Gasteiger partial charge < -0.3 is 0 Å². The quantitative estimate of drug-likeness (QED) is 0.552. The van der Waals surface area contributed by atoms with Crippen molar-refractivity contribution in [1.82, 2.24) is 19.6 Å². The van der Waals surface area contributed by atoms with Gasteiger partial charge in [-0.3, -0.25) is 24.1 Å². The maximum atomic E-state index is 14.0.